The van der Waals surface area contributed by atoms with Crippen molar-refractivity contribution in [3.63, 3.8) is 0 Å². The normalized spacial score (nSPS) is 12.9. The molecule has 0 spiro atoms. The number of nitrogens with two attached hydrogens (primary N) is 1. The molecule has 0 radical (unpaired) electrons. The third-order valence-corrected chi connectivity index (χ3v) is 5.29. The summed E-state index contributed by atoms with van der Waals surface area (Å²) in [5.74, 6) is 0.582. The van der Waals surface area contributed by atoms with Crippen LogP contribution in [0.1, 0.15) is 56.0 Å². The van der Waals surface area contributed by atoms with Gasteiger partial charge < -0.3 is 5.73 Å². The number of benzene rings is 3. The van der Waals surface area contributed by atoms with Gasteiger partial charge in [0.05, 0.1) is 6.04 Å². The zero-order chi connectivity index (χ0) is 19.6. The van der Waals surface area contributed by atoms with Gasteiger partial charge in [0.1, 0.15) is 5.84 Å². The lowest BCUT2D eigenvalue weighted by Gasteiger charge is -2.14. The van der Waals surface area contributed by atoms with Crippen molar-refractivity contribution in [1.29, 1.82) is 0 Å². The van der Waals surface area contributed by atoms with Gasteiger partial charge >= 0.3 is 0 Å². The molecule has 0 aliphatic heterocycles. The van der Waals surface area contributed by atoms with Crippen LogP contribution < -0.4 is 5.73 Å². The summed E-state index contributed by atoms with van der Waals surface area (Å²) in [5.41, 5.74) is 13.7. The number of rotatable bonds is 4. The van der Waals surface area contributed by atoms with Crippen LogP contribution in [-0.2, 0) is 0 Å². The van der Waals surface area contributed by atoms with Crippen molar-refractivity contribution in [3.8, 4) is 0 Å². The highest BCUT2D eigenvalue weighted by atomic mass is 14.9. The minimum atomic E-state index is -0.00889. The van der Waals surface area contributed by atoms with E-state index in [9.17, 15) is 0 Å². The second-order valence-electron chi connectivity index (χ2n) is 7.41. The number of amidine groups is 1. The van der Waals surface area contributed by atoms with E-state index in [4.69, 9.17) is 10.7 Å². The van der Waals surface area contributed by atoms with Gasteiger partial charge in [-0.05, 0) is 73.7 Å². The van der Waals surface area contributed by atoms with Crippen LogP contribution in [0, 0.1) is 6.92 Å². The summed E-state index contributed by atoms with van der Waals surface area (Å²) in [5, 5.41) is 2.46. The maximum Gasteiger partial charge on any atom is 0.126 e. The summed E-state index contributed by atoms with van der Waals surface area (Å²) < 4.78 is 0. The zero-order valence-corrected chi connectivity index (χ0v) is 16.9. The monoisotopic (exact) mass is 356 g/mol. The first-order chi connectivity index (χ1) is 12.9. The third-order valence-electron chi connectivity index (χ3n) is 5.29. The van der Waals surface area contributed by atoms with Crippen molar-refractivity contribution in [2.45, 2.75) is 40.7 Å². The molecule has 0 aliphatic carbocycles. The Balaban J connectivity index is 2.00. The Morgan fingerprint density at radius 1 is 0.926 bits per heavy atom. The minimum Gasteiger partial charge on any atom is -0.383 e. The molecular weight excluding hydrogens is 328 g/mol. The van der Waals surface area contributed by atoms with Crippen molar-refractivity contribution in [2.75, 3.05) is 0 Å². The maximum absolute atomic E-state index is 6.41. The minimum absolute atomic E-state index is 0.00889. The summed E-state index contributed by atoms with van der Waals surface area (Å²) in [7, 11) is 0. The molecule has 0 saturated carbocycles. The molecule has 2 nitrogen and oxygen atoms in total. The molecule has 0 fully saturated rings. The highest BCUT2D eigenvalue weighted by Gasteiger charge is 2.11. The Bertz CT molecular complexity index is 1030. The van der Waals surface area contributed by atoms with Crippen molar-refractivity contribution in [1.82, 2.24) is 0 Å². The van der Waals surface area contributed by atoms with Crippen LogP contribution in [0.3, 0.4) is 0 Å². The van der Waals surface area contributed by atoms with Gasteiger partial charge in [-0.15, -0.1) is 0 Å². The molecule has 0 saturated heterocycles. The van der Waals surface area contributed by atoms with Crippen molar-refractivity contribution >= 4 is 22.2 Å². The molecule has 27 heavy (non-hydrogen) atoms. The van der Waals surface area contributed by atoms with Gasteiger partial charge in [-0.3, -0.25) is 4.99 Å². The number of allylic oxidation sites excluding steroid dienone is 2. The van der Waals surface area contributed by atoms with Crippen molar-refractivity contribution in [2.24, 2.45) is 10.7 Å². The highest BCUT2D eigenvalue weighted by molar-refractivity contribution is 5.98. The van der Waals surface area contributed by atoms with Gasteiger partial charge in [0, 0.05) is 5.56 Å². The van der Waals surface area contributed by atoms with E-state index in [0.29, 0.717) is 5.84 Å². The summed E-state index contributed by atoms with van der Waals surface area (Å²) in [6.07, 6.45) is 0. The molecule has 3 rings (SSSR count). The first-order valence-corrected chi connectivity index (χ1v) is 9.45. The molecule has 2 heteroatoms. The lowest BCUT2D eigenvalue weighted by molar-refractivity contribution is 0.827. The Kier molecular flexibility index (Phi) is 5.46. The summed E-state index contributed by atoms with van der Waals surface area (Å²) in [6.45, 7) is 10.7. The third kappa shape index (κ3) is 3.95. The molecule has 1 atom stereocenters. The Hall–Kier alpha value is -2.87. The van der Waals surface area contributed by atoms with Crippen LogP contribution in [0.25, 0.3) is 16.3 Å². The van der Waals surface area contributed by atoms with Crippen LogP contribution in [0.4, 0.5) is 0 Å². The predicted octanol–water partition coefficient (Wildman–Crippen LogP) is 6.43. The molecule has 0 aliphatic rings. The van der Waals surface area contributed by atoms with E-state index < -0.39 is 0 Å². The predicted molar refractivity (Wildman–Crippen MR) is 118 cm³/mol. The SMILES string of the molecule is CC(C)=C(C)c1cc(C(N)=NC(C)c2cccc3ccccc23)ccc1C. The Morgan fingerprint density at radius 2 is 1.63 bits per heavy atom. The van der Waals surface area contributed by atoms with E-state index in [2.05, 4.69) is 95.3 Å². The van der Waals surface area contributed by atoms with Crippen LogP contribution in [-0.4, -0.2) is 5.84 Å². The van der Waals surface area contributed by atoms with E-state index >= 15 is 0 Å². The number of aryl methyl sites for hydroxylation is 1. The number of fused-ring (bicyclic) bond motifs is 1. The number of hydrogen-bond donors (Lipinski definition) is 1. The van der Waals surface area contributed by atoms with Gasteiger partial charge in [-0.25, -0.2) is 0 Å². The van der Waals surface area contributed by atoms with Crippen LogP contribution >= 0.6 is 0 Å². The molecule has 0 bridgehead atoms. The van der Waals surface area contributed by atoms with Crippen LogP contribution in [0.15, 0.2) is 71.2 Å². The standard InChI is InChI=1S/C25H28N2/c1-16(2)18(4)24-15-21(14-13-17(24)3)25(26)27-19(5)22-12-8-10-20-9-6-7-11-23(20)22/h6-15,19H,1-5H3,(H2,26,27). The molecule has 0 amide bonds. The Labute approximate surface area is 162 Å². The summed E-state index contributed by atoms with van der Waals surface area (Å²) >= 11 is 0. The van der Waals surface area contributed by atoms with E-state index in [1.807, 2.05) is 0 Å². The zero-order valence-electron chi connectivity index (χ0n) is 16.9. The smallest absolute Gasteiger partial charge is 0.126 e. The van der Waals surface area contributed by atoms with Crippen LogP contribution in [0.5, 0.6) is 0 Å². The van der Waals surface area contributed by atoms with Gasteiger partial charge in [0.15, 0.2) is 0 Å². The summed E-state index contributed by atoms with van der Waals surface area (Å²) in [4.78, 5) is 4.82. The molecule has 2 N–H and O–H groups in total. The Morgan fingerprint density at radius 3 is 2.37 bits per heavy atom. The quantitative estimate of drug-likeness (QED) is 0.424. The average Bonchev–Trinajstić information content (AvgIpc) is 2.67. The van der Waals surface area contributed by atoms with Gasteiger partial charge in [0.25, 0.3) is 0 Å². The average molecular weight is 357 g/mol. The number of hydrogen-bond acceptors (Lipinski definition) is 1. The number of aliphatic imine (C=N–C) groups is 1. The second kappa shape index (κ2) is 7.79. The topological polar surface area (TPSA) is 38.4 Å². The van der Waals surface area contributed by atoms with Crippen molar-refractivity contribution < 1.29 is 0 Å². The lowest BCUT2D eigenvalue weighted by atomic mass is 9.96. The van der Waals surface area contributed by atoms with Gasteiger partial charge in [0.2, 0.25) is 0 Å². The van der Waals surface area contributed by atoms with Gasteiger partial charge in [-0.1, -0.05) is 60.2 Å². The fraction of sp³-hybridized carbons (Fsp3) is 0.240. The van der Waals surface area contributed by atoms with Crippen LogP contribution in [0.2, 0.25) is 0 Å². The van der Waals surface area contributed by atoms with Crippen molar-refractivity contribution in [3.05, 3.63) is 88.5 Å². The van der Waals surface area contributed by atoms with E-state index in [-0.39, 0.29) is 6.04 Å². The van der Waals surface area contributed by atoms with E-state index in [1.54, 1.807) is 0 Å². The number of nitrogens with zero attached hydrogens (tertiary/aromatic N) is 1. The summed E-state index contributed by atoms with van der Waals surface area (Å²) in [6, 6.07) is 21.1. The molecule has 0 heterocycles. The molecule has 3 aromatic carbocycles. The lowest BCUT2D eigenvalue weighted by Crippen LogP contribution is -2.15. The largest absolute Gasteiger partial charge is 0.383 e. The maximum atomic E-state index is 6.41. The first kappa shape index (κ1) is 18.9. The van der Waals surface area contributed by atoms with E-state index in [1.165, 1.54) is 38.6 Å². The molecule has 0 aromatic heterocycles. The van der Waals surface area contributed by atoms with Gasteiger partial charge in [-0.2, -0.15) is 0 Å². The molecule has 138 valence electrons. The molecule has 3 aromatic rings. The molecule has 1 unspecified atom stereocenters. The first-order valence-electron chi connectivity index (χ1n) is 9.45. The fourth-order valence-electron chi connectivity index (χ4n) is 3.42. The highest BCUT2D eigenvalue weighted by Crippen LogP contribution is 2.27. The second-order valence-corrected chi connectivity index (χ2v) is 7.41. The fourth-order valence-corrected chi connectivity index (χ4v) is 3.42. The molecular formula is C25H28N2. The van der Waals surface area contributed by atoms with E-state index in [0.717, 1.165) is 5.56 Å².